The van der Waals surface area contributed by atoms with Crippen LogP contribution in [0.5, 0.6) is 5.75 Å². The van der Waals surface area contributed by atoms with Gasteiger partial charge in [0.05, 0.1) is 0 Å². The summed E-state index contributed by atoms with van der Waals surface area (Å²) >= 11 is 1.84. The third kappa shape index (κ3) is 3.13. The van der Waals surface area contributed by atoms with E-state index in [1.807, 2.05) is 41.8 Å². The van der Waals surface area contributed by atoms with E-state index in [4.69, 9.17) is 4.74 Å². The van der Waals surface area contributed by atoms with Gasteiger partial charge in [0, 0.05) is 41.6 Å². The van der Waals surface area contributed by atoms with Crippen molar-refractivity contribution in [2.24, 2.45) is 0 Å². The van der Waals surface area contributed by atoms with Gasteiger partial charge < -0.3 is 14.8 Å². The van der Waals surface area contributed by atoms with Gasteiger partial charge in [-0.3, -0.25) is 4.90 Å². The van der Waals surface area contributed by atoms with Crippen LogP contribution in [0.2, 0.25) is 0 Å². The fourth-order valence-electron chi connectivity index (χ4n) is 3.18. The highest BCUT2D eigenvalue weighted by Crippen LogP contribution is 2.25. The van der Waals surface area contributed by atoms with Gasteiger partial charge in [0.1, 0.15) is 18.5 Å². The number of aliphatic hydroxyl groups excluding tert-OH is 1. The second kappa shape index (κ2) is 6.35. The molecule has 3 aromatic rings. The predicted octanol–water partition coefficient (Wildman–Crippen LogP) is 3.03. The lowest BCUT2D eigenvalue weighted by Gasteiger charge is -2.28. The largest absolute Gasteiger partial charge is 0.490 e. The molecule has 4 rings (SSSR count). The zero-order valence-electron chi connectivity index (χ0n) is 12.9. The first-order valence-electron chi connectivity index (χ1n) is 7.94. The molecular formula is C18H20N2O2S. The lowest BCUT2D eigenvalue weighted by atomic mass is 10.1. The Morgan fingerprint density at radius 3 is 3.22 bits per heavy atom. The van der Waals surface area contributed by atoms with E-state index < -0.39 is 6.10 Å². The molecule has 3 heterocycles. The lowest BCUT2D eigenvalue weighted by molar-refractivity contribution is 0.0645. The number of H-pyrrole nitrogens is 1. The Labute approximate surface area is 139 Å². The molecule has 2 aromatic heterocycles. The molecule has 0 bridgehead atoms. The Hall–Kier alpha value is -1.82. The van der Waals surface area contributed by atoms with Gasteiger partial charge in [0.15, 0.2) is 0 Å². The second-order valence-electron chi connectivity index (χ2n) is 6.01. The Bertz CT molecular complexity index is 795. The third-order valence-electron chi connectivity index (χ3n) is 4.34. The molecule has 120 valence electrons. The van der Waals surface area contributed by atoms with E-state index in [1.54, 1.807) is 0 Å². The summed E-state index contributed by atoms with van der Waals surface area (Å²) in [6.07, 6.45) is 2.51. The highest BCUT2D eigenvalue weighted by Gasteiger charge is 2.19. The fourth-order valence-corrected chi connectivity index (χ4v) is 4.07. The Balaban J connectivity index is 1.34. The molecule has 23 heavy (non-hydrogen) atoms. The number of nitrogens with one attached hydrogen (secondary N) is 1. The van der Waals surface area contributed by atoms with Crippen LogP contribution >= 0.6 is 11.3 Å². The molecule has 1 aromatic carbocycles. The number of thiophene rings is 1. The first-order valence-corrected chi connectivity index (χ1v) is 8.82. The summed E-state index contributed by atoms with van der Waals surface area (Å²) in [5.74, 6) is 0.821. The van der Waals surface area contributed by atoms with Crippen LogP contribution in [0.1, 0.15) is 10.4 Å². The summed E-state index contributed by atoms with van der Waals surface area (Å²) in [5.41, 5.74) is 2.46. The first kappa shape index (κ1) is 14.8. The number of rotatable bonds is 5. The summed E-state index contributed by atoms with van der Waals surface area (Å²) in [7, 11) is 0. The Morgan fingerprint density at radius 1 is 1.30 bits per heavy atom. The molecule has 1 unspecified atom stereocenters. The maximum Gasteiger partial charge on any atom is 0.128 e. The molecule has 0 saturated carbocycles. The molecule has 1 atom stereocenters. The number of nitrogens with zero attached hydrogens (tertiary/aromatic N) is 1. The van der Waals surface area contributed by atoms with Crippen LogP contribution in [0.15, 0.2) is 41.9 Å². The minimum absolute atomic E-state index is 0.317. The molecule has 5 heteroatoms. The normalized spacial score (nSPS) is 16.4. The smallest absolute Gasteiger partial charge is 0.128 e. The SMILES string of the molecule is OC(COc1cccc2[nH]ccc12)CN1CCc2sccc2C1. The molecule has 0 spiro atoms. The van der Waals surface area contributed by atoms with Crippen LogP contribution in [-0.2, 0) is 13.0 Å². The van der Waals surface area contributed by atoms with E-state index in [1.165, 1.54) is 10.4 Å². The van der Waals surface area contributed by atoms with Gasteiger partial charge in [-0.05, 0) is 41.6 Å². The predicted molar refractivity (Wildman–Crippen MR) is 93.1 cm³/mol. The van der Waals surface area contributed by atoms with E-state index >= 15 is 0 Å². The Morgan fingerprint density at radius 2 is 2.26 bits per heavy atom. The Kier molecular flexibility index (Phi) is 4.08. The van der Waals surface area contributed by atoms with Crippen LogP contribution in [0, 0.1) is 0 Å². The highest BCUT2D eigenvalue weighted by molar-refractivity contribution is 7.10. The van der Waals surface area contributed by atoms with Crippen molar-refractivity contribution >= 4 is 22.2 Å². The third-order valence-corrected chi connectivity index (χ3v) is 5.36. The van der Waals surface area contributed by atoms with Gasteiger partial charge in [0.25, 0.3) is 0 Å². The lowest BCUT2D eigenvalue weighted by Crippen LogP contribution is -2.38. The number of fused-ring (bicyclic) bond motifs is 2. The van der Waals surface area contributed by atoms with Crippen molar-refractivity contribution in [1.29, 1.82) is 0 Å². The zero-order chi connectivity index (χ0) is 15.6. The number of hydrogen-bond donors (Lipinski definition) is 2. The van der Waals surface area contributed by atoms with Gasteiger partial charge in [-0.15, -0.1) is 11.3 Å². The monoisotopic (exact) mass is 328 g/mol. The van der Waals surface area contributed by atoms with Gasteiger partial charge in [-0.1, -0.05) is 6.07 Å². The number of aromatic amines is 1. The molecule has 0 saturated heterocycles. The quantitative estimate of drug-likeness (QED) is 0.757. The van der Waals surface area contributed by atoms with Crippen molar-refractivity contribution in [2.75, 3.05) is 19.7 Å². The topological polar surface area (TPSA) is 48.5 Å². The zero-order valence-corrected chi connectivity index (χ0v) is 13.7. The molecule has 2 N–H and O–H groups in total. The second-order valence-corrected chi connectivity index (χ2v) is 7.01. The summed E-state index contributed by atoms with van der Waals surface area (Å²) in [5, 5.41) is 13.5. The highest BCUT2D eigenvalue weighted by atomic mass is 32.1. The molecule has 0 aliphatic carbocycles. The summed E-state index contributed by atoms with van der Waals surface area (Å²) < 4.78 is 5.84. The average molecular weight is 328 g/mol. The van der Waals surface area contributed by atoms with Crippen LogP contribution in [-0.4, -0.2) is 40.8 Å². The number of ether oxygens (including phenoxy) is 1. The summed E-state index contributed by atoms with van der Waals surface area (Å²) in [6, 6.07) is 10.1. The average Bonchev–Trinajstić information content (AvgIpc) is 3.21. The number of benzene rings is 1. The molecule has 1 aliphatic heterocycles. The van der Waals surface area contributed by atoms with E-state index in [9.17, 15) is 5.11 Å². The van der Waals surface area contributed by atoms with E-state index in [0.29, 0.717) is 13.2 Å². The number of β-amino-alcohol motifs (C(OH)–C–C–N with tert-alkyl or cyclic N) is 1. The minimum Gasteiger partial charge on any atom is -0.490 e. The van der Waals surface area contributed by atoms with E-state index in [2.05, 4.69) is 21.3 Å². The van der Waals surface area contributed by atoms with Gasteiger partial charge in [-0.25, -0.2) is 0 Å². The van der Waals surface area contributed by atoms with Gasteiger partial charge in [0.2, 0.25) is 0 Å². The van der Waals surface area contributed by atoms with Crippen LogP contribution in [0.4, 0.5) is 0 Å². The maximum absolute atomic E-state index is 10.3. The molecule has 1 aliphatic rings. The number of hydrogen-bond acceptors (Lipinski definition) is 4. The molecule has 0 fully saturated rings. The van der Waals surface area contributed by atoms with Crippen molar-refractivity contribution in [1.82, 2.24) is 9.88 Å². The van der Waals surface area contributed by atoms with E-state index in [0.717, 1.165) is 36.2 Å². The number of aromatic nitrogens is 1. The van der Waals surface area contributed by atoms with Crippen molar-refractivity contribution in [3.63, 3.8) is 0 Å². The van der Waals surface area contributed by atoms with Crippen molar-refractivity contribution < 1.29 is 9.84 Å². The van der Waals surface area contributed by atoms with Gasteiger partial charge in [-0.2, -0.15) is 0 Å². The first-order chi connectivity index (χ1) is 11.3. The number of aliphatic hydroxyl groups is 1. The fraction of sp³-hybridized carbons (Fsp3) is 0.333. The standard InChI is InChI=1S/C18H20N2O2S/c21-14(11-20-8-5-18-13(10-20)6-9-23-18)12-22-17-3-1-2-16-15(17)4-7-19-16/h1-4,6-7,9,14,19,21H,5,8,10-12H2. The molecule has 0 amide bonds. The van der Waals surface area contributed by atoms with E-state index in [-0.39, 0.29) is 0 Å². The molecule has 4 nitrogen and oxygen atoms in total. The van der Waals surface area contributed by atoms with Crippen LogP contribution in [0.25, 0.3) is 10.9 Å². The van der Waals surface area contributed by atoms with Crippen molar-refractivity contribution in [3.8, 4) is 5.75 Å². The van der Waals surface area contributed by atoms with Crippen molar-refractivity contribution in [2.45, 2.75) is 19.1 Å². The maximum atomic E-state index is 10.3. The van der Waals surface area contributed by atoms with Crippen LogP contribution < -0.4 is 4.74 Å². The summed E-state index contributed by atoms with van der Waals surface area (Å²) in [6.45, 7) is 2.91. The van der Waals surface area contributed by atoms with Gasteiger partial charge >= 0.3 is 0 Å². The summed E-state index contributed by atoms with van der Waals surface area (Å²) in [4.78, 5) is 6.97. The molecular weight excluding hydrogens is 308 g/mol. The minimum atomic E-state index is -0.482. The van der Waals surface area contributed by atoms with Crippen LogP contribution in [0.3, 0.4) is 0 Å². The van der Waals surface area contributed by atoms with Crippen molar-refractivity contribution in [3.05, 3.63) is 52.3 Å². The molecule has 0 radical (unpaired) electrons.